The minimum Gasteiger partial charge on any atom is -0.478 e. The summed E-state index contributed by atoms with van der Waals surface area (Å²) in [5, 5.41) is 13.7. The summed E-state index contributed by atoms with van der Waals surface area (Å²) >= 11 is 0. The Morgan fingerprint density at radius 1 is 0.923 bits per heavy atom. The molecule has 39 heavy (non-hydrogen) atoms. The topological polar surface area (TPSA) is 113 Å². The summed E-state index contributed by atoms with van der Waals surface area (Å²) in [6, 6.07) is 24.0. The van der Waals surface area contributed by atoms with Gasteiger partial charge in [0.25, 0.3) is 0 Å². The molecule has 4 rings (SSSR count). The van der Waals surface area contributed by atoms with Crippen LogP contribution in [0, 0.1) is 0 Å². The highest BCUT2D eigenvalue weighted by molar-refractivity contribution is 5.89. The van der Waals surface area contributed by atoms with Crippen LogP contribution in [0.15, 0.2) is 83.7 Å². The second-order valence-electron chi connectivity index (χ2n) is 9.59. The molecule has 0 fully saturated rings. The molecule has 0 atom stereocenters. The van der Waals surface area contributed by atoms with Crippen LogP contribution in [0.25, 0.3) is 11.1 Å². The fourth-order valence-electron chi connectivity index (χ4n) is 3.96. The molecule has 0 spiro atoms. The number of hydrogen-bond acceptors (Lipinski definition) is 6. The van der Waals surface area contributed by atoms with Crippen molar-refractivity contribution in [1.82, 2.24) is 14.3 Å². The van der Waals surface area contributed by atoms with Crippen molar-refractivity contribution in [2.24, 2.45) is 0 Å². The van der Waals surface area contributed by atoms with Crippen LogP contribution in [-0.2, 0) is 29.2 Å². The number of aromatic nitrogens is 3. The first kappa shape index (κ1) is 27.4. The molecule has 0 radical (unpaired) electrons. The summed E-state index contributed by atoms with van der Waals surface area (Å²) in [5.41, 5.74) is 1.71. The van der Waals surface area contributed by atoms with E-state index in [0.29, 0.717) is 31.1 Å². The minimum absolute atomic E-state index is 0.168. The minimum atomic E-state index is -1.41. The number of nitrogens with zero attached hydrogens (tertiary/aromatic N) is 3. The van der Waals surface area contributed by atoms with Gasteiger partial charge in [-0.3, -0.25) is 4.57 Å². The zero-order valence-corrected chi connectivity index (χ0v) is 22.2. The highest BCUT2D eigenvalue weighted by atomic mass is 16.5. The van der Waals surface area contributed by atoms with Crippen molar-refractivity contribution in [1.29, 1.82) is 0 Å². The molecule has 0 aliphatic heterocycles. The average Bonchev–Trinajstić information content (AvgIpc) is 3.22. The van der Waals surface area contributed by atoms with Crippen molar-refractivity contribution < 1.29 is 24.2 Å². The molecule has 0 unspecified atom stereocenters. The Hall–Kier alpha value is -4.66. The highest BCUT2D eigenvalue weighted by Crippen LogP contribution is 2.21. The molecule has 0 bridgehead atoms. The monoisotopic (exact) mass is 529 g/mol. The third-order valence-electron chi connectivity index (χ3n) is 6.15. The van der Waals surface area contributed by atoms with Gasteiger partial charge in [-0.2, -0.15) is 5.10 Å². The lowest BCUT2D eigenvalue weighted by Gasteiger charge is -2.21. The van der Waals surface area contributed by atoms with Gasteiger partial charge in [-0.05, 0) is 61.2 Å². The molecule has 1 aromatic heterocycles. The number of aliphatic carboxylic acids is 1. The molecule has 202 valence electrons. The van der Waals surface area contributed by atoms with E-state index in [2.05, 4.69) is 5.10 Å². The lowest BCUT2D eigenvalue weighted by molar-refractivity contribution is -0.152. The van der Waals surface area contributed by atoms with Crippen LogP contribution < -0.4 is 10.4 Å². The van der Waals surface area contributed by atoms with E-state index in [-0.39, 0.29) is 17.9 Å². The van der Waals surface area contributed by atoms with E-state index < -0.39 is 17.5 Å². The number of rotatable bonds is 11. The molecule has 0 aliphatic rings. The predicted octanol–water partition coefficient (Wildman–Crippen LogP) is 4.77. The molecule has 0 saturated carbocycles. The normalized spacial score (nSPS) is 11.3. The number of hydrogen-bond donors (Lipinski definition) is 1. The van der Waals surface area contributed by atoms with Gasteiger partial charge in [0.1, 0.15) is 5.75 Å². The Bertz CT molecular complexity index is 1490. The van der Waals surface area contributed by atoms with Gasteiger partial charge in [-0.1, -0.05) is 61.5 Å². The van der Waals surface area contributed by atoms with Crippen LogP contribution in [-0.4, -0.2) is 37.0 Å². The maximum atomic E-state index is 13.1. The Labute approximate surface area is 226 Å². The van der Waals surface area contributed by atoms with Crippen LogP contribution in [0.4, 0.5) is 0 Å². The molecule has 3 aromatic carbocycles. The average molecular weight is 530 g/mol. The second kappa shape index (κ2) is 11.8. The summed E-state index contributed by atoms with van der Waals surface area (Å²) in [6.45, 7) is 5.40. The first-order valence-corrected chi connectivity index (χ1v) is 12.7. The van der Waals surface area contributed by atoms with Gasteiger partial charge in [-0.25, -0.2) is 19.1 Å². The van der Waals surface area contributed by atoms with E-state index in [4.69, 9.17) is 9.47 Å². The van der Waals surface area contributed by atoms with Gasteiger partial charge in [0, 0.05) is 6.54 Å². The Morgan fingerprint density at radius 3 is 2.18 bits per heavy atom. The number of carboxylic acids is 1. The maximum absolute atomic E-state index is 13.1. The Kier molecular flexibility index (Phi) is 8.29. The molecule has 9 heteroatoms. The van der Waals surface area contributed by atoms with Crippen molar-refractivity contribution >= 4 is 11.9 Å². The van der Waals surface area contributed by atoms with Crippen LogP contribution >= 0.6 is 0 Å². The number of carbonyl (C=O) groups excluding carboxylic acids is 1. The third-order valence-corrected chi connectivity index (χ3v) is 6.15. The van der Waals surface area contributed by atoms with Crippen molar-refractivity contribution in [2.45, 2.75) is 52.5 Å². The lowest BCUT2D eigenvalue weighted by atomic mass is 10.0. The Morgan fingerprint density at radius 2 is 1.56 bits per heavy atom. The molecule has 1 N–H and O–H groups in total. The number of ether oxygens (including phenoxy) is 2. The molecule has 0 aliphatic carbocycles. The molecule has 0 amide bonds. The fourth-order valence-corrected chi connectivity index (χ4v) is 3.96. The number of carbonyl (C=O) groups is 2. The van der Waals surface area contributed by atoms with E-state index in [9.17, 15) is 19.5 Å². The number of carboxylic acid groups (broad SMARTS) is 1. The van der Waals surface area contributed by atoms with E-state index in [1.807, 2.05) is 61.5 Å². The van der Waals surface area contributed by atoms with Crippen LogP contribution in [0.2, 0.25) is 0 Å². The first-order chi connectivity index (χ1) is 18.7. The largest absolute Gasteiger partial charge is 0.478 e. The molecule has 1 heterocycles. The van der Waals surface area contributed by atoms with E-state index in [1.165, 1.54) is 47.4 Å². The molecular weight excluding hydrogens is 498 g/mol. The second-order valence-corrected chi connectivity index (χ2v) is 9.59. The quantitative estimate of drug-likeness (QED) is 0.279. The van der Waals surface area contributed by atoms with Crippen LogP contribution in [0.5, 0.6) is 5.75 Å². The van der Waals surface area contributed by atoms with Crippen molar-refractivity contribution in [3.05, 3.63) is 106 Å². The lowest BCUT2D eigenvalue weighted by Crippen LogP contribution is -2.37. The van der Waals surface area contributed by atoms with Gasteiger partial charge in [0.15, 0.2) is 18.0 Å². The third kappa shape index (κ3) is 6.62. The van der Waals surface area contributed by atoms with E-state index in [0.717, 1.165) is 16.7 Å². The van der Waals surface area contributed by atoms with Crippen molar-refractivity contribution in [3.63, 3.8) is 0 Å². The van der Waals surface area contributed by atoms with Gasteiger partial charge in [-0.15, -0.1) is 0 Å². The molecule has 9 nitrogen and oxygen atoms in total. The van der Waals surface area contributed by atoms with Gasteiger partial charge < -0.3 is 14.6 Å². The van der Waals surface area contributed by atoms with Crippen LogP contribution in [0.3, 0.4) is 0 Å². The van der Waals surface area contributed by atoms with Gasteiger partial charge in [0.05, 0.1) is 12.1 Å². The SMILES string of the molecule is CCCn1c(COC(=O)c2ccc(OC(C)(C)C(=O)O)cc2)nn(Cc2ccc(-c3ccccc3)cc2)c1=O. The summed E-state index contributed by atoms with van der Waals surface area (Å²) in [7, 11) is 0. The molecular formula is C30H31N3O6. The van der Waals surface area contributed by atoms with E-state index in [1.54, 1.807) is 0 Å². The molecule has 4 aromatic rings. The predicted molar refractivity (Wildman–Crippen MR) is 146 cm³/mol. The maximum Gasteiger partial charge on any atom is 0.347 e. The fraction of sp³-hybridized carbons (Fsp3) is 0.267. The van der Waals surface area contributed by atoms with Crippen molar-refractivity contribution in [2.75, 3.05) is 0 Å². The highest BCUT2D eigenvalue weighted by Gasteiger charge is 2.29. The molecule has 0 saturated heterocycles. The standard InChI is InChI=1S/C30H31N3O6/c1-4-18-32-26(20-38-27(34)24-14-16-25(17-15-24)39-30(2,3)28(35)36)31-33(29(32)37)19-21-10-12-23(13-11-21)22-8-6-5-7-9-22/h5-17H,4,18-20H2,1-3H3,(H,35,36). The summed E-state index contributed by atoms with van der Waals surface area (Å²) in [5.74, 6) is -1.03. The number of benzene rings is 3. The zero-order valence-electron chi connectivity index (χ0n) is 22.2. The van der Waals surface area contributed by atoms with Crippen molar-refractivity contribution in [3.8, 4) is 16.9 Å². The summed E-state index contributed by atoms with van der Waals surface area (Å²) in [6.07, 6.45) is 0.715. The summed E-state index contributed by atoms with van der Waals surface area (Å²) < 4.78 is 13.8. The van der Waals surface area contributed by atoms with E-state index >= 15 is 0 Å². The summed E-state index contributed by atoms with van der Waals surface area (Å²) in [4.78, 5) is 37.0. The van der Waals surface area contributed by atoms with Gasteiger partial charge in [0.2, 0.25) is 0 Å². The smallest absolute Gasteiger partial charge is 0.347 e. The zero-order chi connectivity index (χ0) is 28.0. The van der Waals surface area contributed by atoms with Gasteiger partial charge >= 0.3 is 17.6 Å². The Balaban J connectivity index is 1.44. The first-order valence-electron chi connectivity index (χ1n) is 12.7. The number of esters is 1. The van der Waals surface area contributed by atoms with Crippen LogP contribution in [0.1, 0.15) is 48.9 Å².